The number of fused-ring (bicyclic) bond motifs is 1. The molecule has 0 fully saturated rings. The van der Waals surface area contributed by atoms with E-state index in [-0.39, 0.29) is 12.1 Å². The third-order valence-corrected chi connectivity index (χ3v) is 6.67. The highest BCUT2D eigenvalue weighted by atomic mass is 32.2. The Bertz CT molecular complexity index is 1690. The van der Waals surface area contributed by atoms with Crippen LogP contribution in [-0.2, 0) is 31.0 Å². The number of methoxy groups -OCH3 is 2. The second-order valence-electron chi connectivity index (χ2n) is 9.58. The van der Waals surface area contributed by atoms with Crippen molar-refractivity contribution in [2.24, 2.45) is 0 Å². The lowest BCUT2D eigenvalue weighted by Gasteiger charge is -2.26. The Hall–Kier alpha value is -4.24. The Balaban J connectivity index is 1.57. The molecule has 1 amide bonds. The fourth-order valence-electron chi connectivity index (χ4n) is 3.77. The van der Waals surface area contributed by atoms with Crippen LogP contribution in [0.25, 0.3) is 22.2 Å². The number of benzene rings is 1. The number of nitrogens with zero attached hydrogens (tertiary/aromatic N) is 4. The summed E-state index contributed by atoms with van der Waals surface area (Å²) in [6, 6.07) is 9.54. The van der Waals surface area contributed by atoms with Gasteiger partial charge >= 0.3 is 6.18 Å². The monoisotopic (exact) mass is 593 g/mol. The number of hydrogen-bond acceptors (Lipinski definition) is 9. The predicted octanol–water partition coefficient (Wildman–Crippen LogP) is 4.34. The molecule has 0 aliphatic heterocycles. The number of anilines is 1. The number of aromatic nitrogens is 4. The number of carbonyl (C=O) groups is 1. The summed E-state index contributed by atoms with van der Waals surface area (Å²) < 4.78 is 79.5. The molecule has 0 aliphatic rings. The summed E-state index contributed by atoms with van der Waals surface area (Å²) in [5, 5.41) is 7.03. The minimum absolute atomic E-state index is 0.338. The van der Waals surface area contributed by atoms with Crippen LogP contribution in [-0.4, -0.2) is 61.1 Å². The van der Waals surface area contributed by atoms with E-state index in [0.717, 1.165) is 25.3 Å². The molecule has 0 saturated carbocycles. The van der Waals surface area contributed by atoms with Crippen LogP contribution in [0, 0.1) is 0 Å². The highest BCUT2D eigenvalue weighted by Crippen LogP contribution is 2.40. The summed E-state index contributed by atoms with van der Waals surface area (Å²) in [6.07, 6.45) is -1.30. The first-order valence-corrected chi connectivity index (χ1v) is 13.8. The average molecular weight is 594 g/mol. The van der Waals surface area contributed by atoms with E-state index in [1.165, 1.54) is 20.4 Å². The molecule has 218 valence electrons. The van der Waals surface area contributed by atoms with Crippen molar-refractivity contribution in [1.82, 2.24) is 20.2 Å². The smallest absolute Gasteiger partial charge is 0.399 e. The Morgan fingerprint density at radius 1 is 1.00 bits per heavy atom. The summed E-state index contributed by atoms with van der Waals surface area (Å²) in [6.45, 7) is 1.83. The van der Waals surface area contributed by atoms with Gasteiger partial charge < -0.3 is 9.47 Å². The van der Waals surface area contributed by atoms with Gasteiger partial charge in [-0.25, -0.2) is 0 Å². The lowest BCUT2D eigenvalue weighted by Crippen LogP contribution is -2.37. The number of H-pyrrole nitrogens is 1. The second-order valence-corrected chi connectivity index (χ2v) is 11.1. The summed E-state index contributed by atoms with van der Waals surface area (Å²) in [7, 11) is -1.19. The maximum Gasteiger partial charge on any atom is 0.399 e. The summed E-state index contributed by atoms with van der Waals surface area (Å²) in [5.74, 6) is -0.281. The summed E-state index contributed by atoms with van der Waals surface area (Å²) in [4.78, 5) is 21.9. The molecule has 0 radical (unpaired) electrons. The van der Waals surface area contributed by atoms with Crippen LogP contribution < -0.4 is 14.5 Å². The summed E-state index contributed by atoms with van der Waals surface area (Å²) >= 11 is 0. The second kappa shape index (κ2) is 11.0. The number of aromatic amines is 1. The molecule has 0 aliphatic carbocycles. The van der Waals surface area contributed by atoms with Crippen LogP contribution in [0.1, 0.15) is 25.1 Å². The Labute approximate surface area is 233 Å². The molecule has 3 heterocycles. The van der Waals surface area contributed by atoms with Crippen molar-refractivity contribution in [2.75, 3.05) is 25.5 Å². The fraction of sp³-hybridized carbons (Fsp3) is 0.308. The normalized spacial score (nSPS) is 12.4. The highest BCUT2D eigenvalue weighted by Gasteiger charge is 2.50. The lowest BCUT2D eigenvalue weighted by atomic mass is 9.89. The quantitative estimate of drug-likeness (QED) is 0.281. The van der Waals surface area contributed by atoms with E-state index in [1.54, 1.807) is 30.5 Å². The number of halogens is 3. The number of pyridine rings is 2. The van der Waals surface area contributed by atoms with E-state index in [4.69, 9.17) is 13.8 Å². The van der Waals surface area contributed by atoms with Gasteiger partial charge in [0.15, 0.2) is 17.3 Å². The van der Waals surface area contributed by atoms with Crippen molar-refractivity contribution in [3.63, 3.8) is 0 Å². The molecule has 0 bridgehead atoms. The molecule has 0 atom stereocenters. The molecule has 3 aromatic heterocycles. The van der Waals surface area contributed by atoms with Gasteiger partial charge in [-0.1, -0.05) is 6.07 Å². The van der Waals surface area contributed by atoms with Crippen LogP contribution in [0.3, 0.4) is 0 Å². The van der Waals surface area contributed by atoms with Gasteiger partial charge in [-0.3, -0.25) is 19.9 Å². The van der Waals surface area contributed by atoms with Crippen molar-refractivity contribution in [2.45, 2.75) is 31.9 Å². The van der Waals surface area contributed by atoms with Crippen molar-refractivity contribution in [1.29, 1.82) is 0 Å². The Kier molecular flexibility index (Phi) is 7.96. The van der Waals surface area contributed by atoms with E-state index >= 15 is 0 Å². The summed E-state index contributed by atoms with van der Waals surface area (Å²) in [5.41, 5.74) is -0.456. The van der Waals surface area contributed by atoms with Crippen LogP contribution in [0.4, 0.5) is 19.0 Å². The van der Waals surface area contributed by atoms with Gasteiger partial charge in [0.25, 0.3) is 16.0 Å². The van der Waals surface area contributed by atoms with E-state index in [9.17, 15) is 26.4 Å². The maximum atomic E-state index is 13.5. The van der Waals surface area contributed by atoms with Crippen LogP contribution >= 0.6 is 0 Å². The lowest BCUT2D eigenvalue weighted by molar-refractivity contribution is -0.181. The van der Waals surface area contributed by atoms with Gasteiger partial charge in [0, 0.05) is 35.5 Å². The first-order valence-electron chi connectivity index (χ1n) is 11.9. The Morgan fingerprint density at radius 3 is 2.27 bits per heavy atom. The molecule has 4 rings (SSSR count). The molecule has 41 heavy (non-hydrogen) atoms. The fourth-order valence-corrected chi connectivity index (χ4v) is 4.20. The number of amides is 1. The number of carbonyl (C=O) groups excluding carboxylic acids is 1. The zero-order valence-electron chi connectivity index (χ0n) is 22.6. The predicted molar refractivity (Wildman–Crippen MR) is 143 cm³/mol. The van der Waals surface area contributed by atoms with Crippen LogP contribution in [0.5, 0.6) is 11.5 Å². The third-order valence-electron chi connectivity index (χ3n) is 6.25. The van der Waals surface area contributed by atoms with E-state index in [1.807, 2.05) is 6.07 Å². The molecule has 0 spiro atoms. The maximum absolute atomic E-state index is 13.5. The van der Waals surface area contributed by atoms with Crippen molar-refractivity contribution in [3.05, 3.63) is 60.0 Å². The zero-order chi connectivity index (χ0) is 30.2. The third kappa shape index (κ3) is 6.41. The van der Waals surface area contributed by atoms with E-state index < -0.39 is 33.4 Å². The van der Waals surface area contributed by atoms with Crippen LogP contribution in [0.15, 0.2) is 48.8 Å². The van der Waals surface area contributed by atoms with E-state index in [2.05, 4.69) is 20.2 Å². The van der Waals surface area contributed by atoms with Gasteiger partial charge in [-0.2, -0.15) is 26.7 Å². The first-order chi connectivity index (χ1) is 19.1. The van der Waals surface area contributed by atoms with Gasteiger partial charge in [0.2, 0.25) is 0 Å². The topological polar surface area (TPSA) is 137 Å². The minimum Gasteiger partial charge on any atom is -0.493 e. The molecule has 1 N–H and O–H groups in total. The van der Waals surface area contributed by atoms with Crippen molar-refractivity contribution in [3.8, 4) is 22.8 Å². The van der Waals surface area contributed by atoms with Gasteiger partial charge in [0.05, 0.1) is 43.8 Å². The average Bonchev–Trinajstić information content (AvgIpc) is 3.41. The number of alkyl halides is 3. The minimum atomic E-state index is -4.64. The molecule has 4 aromatic rings. The molecule has 1 aromatic carbocycles. The number of rotatable bonds is 9. The van der Waals surface area contributed by atoms with Crippen molar-refractivity contribution < 1.29 is 40.1 Å². The van der Waals surface area contributed by atoms with E-state index in [0.29, 0.717) is 45.2 Å². The Morgan fingerprint density at radius 2 is 1.68 bits per heavy atom. The highest BCUT2D eigenvalue weighted by molar-refractivity contribution is 7.86. The molecular weight excluding hydrogens is 567 g/mol. The number of hydroxylamine groups is 1. The molecule has 0 saturated heterocycles. The van der Waals surface area contributed by atoms with Gasteiger partial charge in [0.1, 0.15) is 5.41 Å². The number of hydrogen-bond donors (Lipinski definition) is 1. The molecule has 15 heteroatoms. The largest absolute Gasteiger partial charge is 0.493 e. The number of ether oxygens (including phenoxy) is 2. The first kappa shape index (κ1) is 29.7. The van der Waals surface area contributed by atoms with Gasteiger partial charge in [-0.15, -0.1) is 9.35 Å². The van der Waals surface area contributed by atoms with Crippen molar-refractivity contribution >= 4 is 32.7 Å². The standard InChI is InChI=1S/C26H26F3N5O6S/c1-25(2,26(27,28)29)22-12-23(33-32-22)34(40-41(5,36)37)24(35)8-15-6-7-18(30-13-15)17-9-16-10-20(38-3)21(39-4)11-19(16)31-14-17/h6-7,9-14H,8H2,1-5H3,(H,32,33). The molecular formula is C26H26F3N5O6S. The SMILES string of the molecule is COc1cc2cc(-c3ccc(CC(=O)N(OS(C)(=O)=O)c4cc(C(C)(C)C(F)(F)F)[nH]n4)cn3)cnc2cc1OC. The number of nitrogens with one attached hydrogen (secondary N) is 1. The molecule has 11 nitrogen and oxygen atoms in total. The van der Waals surface area contributed by atoms with Gasteiger partial charge in [-0.05, 0) is 37.6 Å². The zero-order valence-corrected chi connectivity index (χ0v) is 23.4. The molecule has 0 unspecified atom stereocenters. The van der Waals surface area contributed by atoms with Crippen LogP contribution in [0.2, 0.25) is 0 Å².